The molecule has 0 atom stereocenters. The molecule has 8 nitrogen and oxygen atoms in total. The fraction of sp³-hybridized carbons (Fsp3) is 0.500. The summed E-state index contributed by atoms with van der Waals surface area (Å²) in [5.74, 6) is -0.312. The number of non-ortho nitro benzene ring substituents is 1. The molecule has 0 aliphatic carbocycles. The zero-order valence-electron chi connectivity index (χ0n) is 14.0. The minimum Gasteiger partial charge on any atom is -0.484 e. The Balaban J connectivity index is 2.60. The lowest BCUT2D eigenvalue weighted by Gasteiger charge is -2.21. The summed E-state index contributed by atoms with van der Waals surface area (Å²) in [5, 5.41) is 13.4. The number of rotatable bonds is 10. The third-order valence-electron chi connectivity index (χ3n) is 3.14. The molecule has 1 aromatic carbocycles. The second-order valence-corrected chi connectivity index (χ2v) is 5.21. The van der Waals surface area contributed by atoms with Crippen LogP contribution in [0, 0.1) is 10.1 Å². The molecule has 1 rings (SSSR count). The van der Waals surface area contributed by atoms with Crippen LogP contribution in [-0.2, 0) is 9.59 Å². The van der Waals surface area contributed by atoms with Crippen molar-refractivity contribution in [1.82, 2.24) is 10.2 Å². The maximum atomic E-state index is 12.2. The van der Waals surface area contributed by atoms with Crippen molar-refractivity contribution in [2.45, 2.75) is 26.7 Å². The molecule has 132 valence electrons. The Morgan fingerprint density at radius 3 is 2.67 bits per heavy atom. The van der Waals surface area contributed by atoms with Crippen LogP contribution in [0.25, 0.3) is 0 Å². The molecule has 0 heterocycles. The van der Waals surface area contributed by atoms with Crippen molar-refractivity contribution in [3.63, 3.8) is 0 Å². The fourth-order valence-electron chi connectivity index (χ4n) is 1.98. The Labute approximate surface area is 140 Å². The van der Waals surface area contributed by atoms with E-state index in [4.69, 9.17) is 4.74 Å². The number of nitro benzene ring substituents is 1. The summed E-state index contributed by atoms with van der Waals surface area (Å²) in [7, 11) is 0. The van der Waals surface area contributed by atoms with Crippen LogP contribution < -0.4 is 10.1 Å². The SMILES string of the molecule is CCCNC(=O)CN(CCC)C(=O)COc1cccc([N+](=O)[O-])c1. The van der Waals surface area contributed by atoms with Crippen LogP contribution >= 0.6 is 0 Å². The molecule has 0 radical (unpaired) electrons. The number of nitro groups is 1. The van der Waals surface area contributed by atoms with E-state index in [1.54, 1.807) is 6.07 Å². The Hall–Kier alpha value is -2.64. The average molecular weight is 337 g/mol. The van der Waals surface area contributed by atoms with E-state index in [0.717, 1.165) is 6.42 Å². The molecule has 0 unspecified atom stereocenters. The van der Waals surface area contributed by atoms with E-state index in [0.29, 0.717) is 19.5 Å². The molecule has 0 aliphatic rings. The molecule has 8 heteroatoms. The van der Waals surface area contributed by atoms with Gasteiger partial charge in [0, 0.05) is 19.2 Å². The predicted molar refractivity (Wildman–Crippen MR) is 88.8 cm³/mol. The van der Waals surface area contributed by atoms with Crippen molar-refractivity contribution in [2.24, 2.45) is 0 Å². The molecule has 0 aliphatic heterocycles. The molecule has 2 amide bonds. The third kappa shape index (κ3) is 6.64. The lowest BCUT2D eigenvalue weighted by molar-refractivity contribution is -0.384. The summed E-state index contributed by atoms with van der Waals surface area (Å²) in [6.45, 7) is 4.56. The number of amides is 2. The minimum absolute atomic E-state index is 0.0228. The topological polar surface area (TPSA) is 102 Å². The molecule has 1 N–H and O–H groups in total. The zero-order valence-corrected chi connectivity index (χ0v) is 14.0. The summed E-state index contributed by atoms with van der Waals surface area (Å²) in [6.07, 6.45) is 1.53. The van der Waals surface area contributed by atoms with Gasteiger partial charge in [0.15, 0.2) is 6.61 Å². The third-order valence-corrected chi connectivity index (χ3v) is 3.14. The number of nitrogens with zero attached hydrogens (tertiary/aromatic N) is 2. The lowest BCUT2D eigenvalue weighted by atomic mass is 10.3. The van der Waals surface area contributed by atoms with Gasteiger partial charge in [-0.3, -0.25) is 19.7 Å². The van der Waals surface area contributed by atoms with E-state index in [2.05, 4.69) is 5.32 Å². The van der Waals surface area contributed by atoms with Crippen LogP contribution in [0.1, 0.15) is 26.7 Å². The quantitative estimate of drug-likeness (QED) is 0.517. The van der Waals surface area contributed by atoms with Crippen LogP contribution in [0.4, 0.5) is 5.69 Å². The highest BCUT2D eigenvalue weighted by Gasteiger charge is 2.17. The van der Waals surface area contributed by atoms with Gasteiger partial charge < -0.3 is 15.0 Å². The van der Waals surface area contributed by atoms with Crippen molar-refractivity contribution in [3.05, 3.63) is 34.4 Å². The summed E-state index contributed by atoms with van der Waals surface area (Å²) < 4.78 is 5.32. The molecule has 0 spiro atoms. The molecule has 0 aromatic heterocycles. The molecule has 0 fully saturated rings. The van der Waals surface area contributed by atoms with Gasteiger partial charge in [-0.05, 0) is 18.9 Å². The molecule has 0 saturated heterocycles. The summed E-state index contributed by atoms with van der Waals surface area (Å²) in [6, 6.07) is 5.62. The number of ether oxygens (including phenoxy) is 1. The molecular formula is C16H23N3O5. The molecule has 0 bridgehead atoms. The van der Waals surface area contributed by atoms with E-state index < -0.39 is 4.92 Å². The van der Waals surface area contributed by atoms with Gasteiger partial charge in [0.1, 0.15) is 5.75 Å². The first-order valence-corrected chi connectivity index (χ1v) is 7.89. The van der Waals surface area contributed by atoms with Crippen LogP contribution in [0.2, 0.25) is 0 Å². The normalized spacial score (nSPS) is 10.1. The number of carbonyl (C=O) groups is 2. The van der Waals surface area contributed by atoms with Gasteiger partial charge in [-0.1, -0.05) is 19.9 Å². The van der Waals surface area contributed by atoms with Gasteiger partial charge >= 0.3 is 0 Å². The standard InChI is InChI=1S/C16H23N3O5/c1-3-8-17-15(20)11-18(9-4-2)16(21)12-24-14-7-5-6-13(10-14)19(22)23/h5-7,10H,3-4,8-9,11-12H2,1-2H3,(H,17,20). The van der Waals surface area contributed by atoms with Crippen LogP contribution in [-0.4, -0.2) is 47.9 Å². The van der Waals surface area contributed by atoms with E-state index in [9.17, 15) is 19.7 Å². The van der Waals surface area contributed by atoms with Gasteiger partial charge in [-0.15, -0.1) is 0 Å². The Morgan fingerprint density at radius 2 is 2.04 bits per heavy atom. The highest BCUT2D eigenvalue weighted by molar-refractivity contribution is 5.85. The number of hydrogen-bond donors (Lipinski definition) is 1. The first-order chi connectivity index (χ1) is 11.5. The van der Waals surface area contributed by atoms with Crippen molar-refractivity contribution >= 4 is 17.5 Å². The summed E-state index contributed by atoms with van der Waals surface area (Å²) >= 11 is 0. The minimum atomic E-state index is -0.532. The van der Waals surface area contributed by atoms with Gasteiger partial charge in [-0.25, -0.2) is 0 Å². The largest absolute Gasteiger partial charge is 0.484 e. The fourth-order valence-corrected chi connectivity index (χ4v) is 1.98. The molecule has 0 saturated carbocycles. The highest BCUT2D eigenvalue weighted by atomic mass is 16.6. The number of nitrogens with one attached hydrogen (secondary N) is 1. The van der Waals surface area contributed by atoms with Crippen molar-refractivity contribution in [2.75, 3.05) is 26.2 Å². The van der Waals surface area contributed by atoms with Gasteiger partial charge in [0.25, 0.3) is 11.6 Å². The average Bonchev–Trinajstić information content (AvgIpc) is 2.57. The number of hydrogen-bond acceptors (Lipinski definition) is 5. The Bertz CT molecular complexity index is 577. The van der Waals surface area contributed by atoms with E-state index >= 15 is 0 Å². The van der Waals surface area contributed by atoms with E-state index in [-0.39, 0.29) is 36.4 Å². The van der Waals surface area contributed by atoms with Crippen molar-refractivity contribution in [1.29, 1.82) is 0 Å². The van der Waals surface area contributed by atoms with E-state index in [1.807, 2.05) is 13.8 Å². The zero-order chi connectivity index (χ0) is 17.9. The first-order valence-electron chi connectivity index (χ1n) is 7.89. The van der Waals surface area contributed by atoms with Crippen LogP contribution in [0.3, 0.4) is 0 Å². The second-order valence-electron chi connectivity index (χ2n) is 5.21. The highest BCUT2D eigenvalue weighted by Crippen LogP contribution is 2.19. The molecular weight excluding hydrogens is 314 g/mol. The van der Waals surface area contributed by atoms with Crippen LogP contribution in [0.15, 0.2) is 24.3 Å². The second kappa shape index (κ2) is 10.2. The summed E-state index contributed by atoms with van der Waals surface area (Å²) in [5.41, 5.74) is -0.107. The van der Waals surface area contributed by atoms with Crippen molar-refractivity contribution in [3.8, 4) is 5.75 Å². The first kappa shape index (κ1) is 19.4. The van der Waals surface area contributed by atoms with Gasteiger partial charge in [-0.2, -0.15) is 0 Å². The number of benzene rings is 1. The van der Waals surface area contributed by atoms with Crippen LogP contribution in [0.5, 0.6) is 5.75 Å². The monoisotopic (exact) mass is 337 g/mol. The van der Waals surface area contributed by atoms with Gasteiger partial charge in [0.2, 0.25) is 5.91 Å². The molecule has 1 aromatic rings. The van der Waals surface area contributed by atoms with Crippen molar-refractivity contribution < 1.29 is 19.2 Å². The van der Waals surface area contributed by atoms with E-state index in [1.165, 1.54) is 23.1 Å². The summed E-state index contributed by atoms with van der Waals surface area (Å²) in [4.78, 5) is 35.6. The molecule has 24 heavy (non-hydrogen) atoms. The lowest BCUT2D eigenvalue weighted by Crippen LogP contribution is -2.43. The Kier molecular flexibility index (Phi) is 8.24. The maximum Gasteiger partial charge on any atom is 0.273 e. The predicted octanol–water partition coefficient (Wildman–Crippen LogP) is 1.74. The smallest absolute Gasteiger partial charge is 0.273 e. The Morgan fingerprint density at radius 1 is 1.29 bits per heavy atom. The number of carbonyl (C=O) groups excluding carboxylic acids is 2. The maximum absolute atomic E-state index is 12.2. The van der Waals surface area contributed by atoms with Gasteiger partial charge in [0.05, 0.1) is 17.5 Å².